The van der Waals surface area contributed by atoms with Crippen LogP contribution in [0.1, 0.15) is 69.2 Å². The van der Waals surface area contributed by atoms with Gasteiger partial charge in [-0.15, -0.1) is 0 Å². The molecule has 180 valence electrons. The van der Waals surface area contributed by atoms with Crippen molar-refractivity contribution in [3.63, 3.8) is 0 Å². The minimum absolute atomic E-state index is 0.0148. The van der Waals surface area contributed by atoms with Crippen LogP contribution in [0.25, 0.3) is 5.76 Å². The van der Waals surface area contributed by atoms with Crippen LogP contribution in [0.3, 0.4) is 0 Å². The van der Waals surface area contributed by atoms with Gasteiger partial charge >= 0.3 is 5.97 Å². The van der Waals surface area contributed by atoms with Crippen LogP contribution in [-0.4, -0.2) is 41.3 Å². The first kappa shape index (κ1) is 25.0. The third kappa shape index (κ3) is 4.98. The number of aliphatic hydroxyl groups is 1. The molecule has 3 rings (SSSR count). The number of amides is 1. The van der Waals surface area contributed by atoms with Gasteiger partial charge in [-0.2, -0.15) is 0 Å². The Morgan fingerprint density at radius 3 is 2.50 bits per heavy atom. The van der Waals surface area contributed by atoms with Gasteiger partial charge in [0.1, 0.15) is 17.3 Å². The number of nitrogens with zero attached hydrogens (tertiary/aromatic N) is 1. The quantitative estimate of drug-likeness (QED) is 0.195. The fourth-order valence-electron chi connectivity index (χ4n) is 4.19. The minimum atomic E-state index is -0.799. The van der Waals surface area contributed by atoms with E-state index < -0.39 is 23.7 Å². The summed E-state index contributed by atoms with van der Waals surface area (Å²) in [7, 11) is 1.58. The molecule has 0 saturated carbocycles. The summed E-state index contributed by atoms with van der Waals surface area (Å²) in [6.07, 6.45) is 1.53. The maximum Gasteiger partial charge on any atom is 0.308 e. The topological polar surface area (TPSA) is 93.1 Å². The average molecular weight is 466 g/mol. The molecule has 1 heterocycles. The van der Waals surface area contributed by atoms with Crippen molar-refractivity contribution in [3.8, 4) is 11.5 Å². The van der Waals surface area contributed by atoms with Crippen LogP contribution >= 0.6 is 0 Å². The van der Waals surface area contributed by atoms with Crippen LogP contribution < -0.4 is 9.47 Å². The highest BCUT2D eigenvalue weighted by Gasteiger charge is 2.45. The van der Waals surface area contributed by atoms with E-state index in [9.17, 15) is 19.5 Å². The molecule has 1 atom stereocenters. The standard InChI is InChI=1S/C27H31NO6/c1-6-7-13-28-24(18-9-8-10-20(14-18)34-17(4)29)23(26(31)27(28)32)25(30)19-11-12-22(33-5)21(15-19)16(2)3/h8-12,14-16,24,30H,6-7,13H2,1-5H3/b25-23+. The number of unbranched alkanes of at least 4 members (excludes halogenated alkanes) is 1. The molecule has 7 nitrogen and oxygen atoms in total. The van der Waals surface area contributed by atoms with Crippen LogP contribution in [0.4, 0.5) is 0 Å². The predicted octanol–water partition coefficient (Wildman–Crippen LogP) is 4.97. The molecule has 0 spiro atoms. The molecule has 0 aromatic heterocycles. The first-order chi connectivity index (χ1) is 16.2. The van der Waals surface area contributed by atoms with Crippen molar-refractivity contribution in [2.24, 2.45) is 0 Å². The Balaban J connectivity index is 2.19. The summed E-state index contributed by atoms with van der Waals surface area (Å²) in [4.78, 5) is 39.1. The zero-order valence-electron chi connectivity index (χ0n) is 20.3. The lowest BCUT2D eigenvalue weighted by atomic mass is 9.93. The van der Waals surface area contributed by atoms with Crippen molar-refractivity contribution in [3.05, 3.63) is 64.7 Å². The third-order valence-corrected chi connectivity index (χ3v) is 5.85. The highest BCUT2D eigenvalue weighted by atomic mass is 16.5. The van der Waals surface area contributed by atoms with Crippen LogP contribution in [0.5, 0.6) is 11.5 Å². The number of carbonyl (C=O) groups excluding carboxylic acids is 3. The number of Topliss-reactive ketones (excluding diaryl/α,β-unsaturated/α-hetero) is 1. The molecule has 34 heavy (non-hydrogen) atoms. The summed E-state index contributed by atoms with van der Waals surface area (Å²) in [6, 6.07) is 11.1. The van der Waals surface area contributed by atoms with Gasteiger partial charge in [0.25, 0.3) is 11.7 Å². The molecule has 0 bridgehead atoms. The van der Waals surface area contributed by atoms with Gasteiger partial charge in [0.05, 0.1) is 18.7 Å². The SMILES string of the molecule is CCCCN1C(=O)C(=O)/C(=C(/O)c2ccc(OC)c(C(C)C)c2)C1c1cccc(OC(C)=O)c1. The molecule has 2 aromatic rings. The molecule has 1 N–H and O–H groups in total. The predicted molar refractivity (Wildman–Crippen MR) is 129 cm³/mol. The molecule has 2 aromatic carbocycles. The summed E-state index contributed by atoms with van der Waals surface area (Å²) in [6.45, 7) is 7.67. The number of ketones is 1. The van der Waals surface area contributed by atoms with Crippen LogP contribution in [-0.2, 0) is 14.4 Å². The molecule has 1 unspecified atom stereocenters. The van der Waals surface area contributed by atoms with Crippen molar-refractivity contribution in [2.75, 3.05) is 13.7 Å². The number of likely N-dealkylation sites (tertiary alicyclic amines) is 1. The lowest BCUT2D eigenvalue weighted by Crippen LogP contribution is -2.30. The first-order valence-electron chi connectivity index (χ1n) is 11.4. The first-order valence-corrected chi connectivity index (χ1v) is 11.4. The number of methoxy groups -OCH3 is 1. The third-order valence-electron chi connectivity index (χ3n) is 5.85. The van der Waals surface area contributed by atoms with E-state index in [0.717, 1.165) is 12.0 Å². The molecular formula is C27H31NO6. The summed E-state index contributed by atoms with van der Waals surface area (Å²) in [5, 5.41) is 11.3. The molecule has 1 aliphatic heterocycles. The highest BCUT2D eigenvalue weighted by molar-refractivity contribution is 6.46. The van der Waals surface area contributed by atoms with E-state index in [4.69, 9.17) is 9.47 Å². The molecule has 1 fully saturated rings. The second-order valence-electron chi connectivity index (χ2n) is 8.62. The maximum absolute atomic E-state index is 13.2. The van der Waals surface area contributed by atoms with Crippen LogP contribution in [0.2, 0.25) is 0 Å². The Labute approximate surface area is 200 Å². The largest absolute Gasteiger partial charge is 0.507 e. The number of benzene rings is 2. The molecule has 1 amide bonds. The number of ether oxygens (including phenoxy) is 2. The molecule has 1 aliphatic rings. The van der Waals surface area contributed by atoms with E-state index in [0.29, 0.717) is 35.6 Å². The minimum Gasteiger partial charge on any atom is -0.507 e. The maximum atomic E-state index is 13.2. The summed E-state index contributed by atoms with van der Waals surface area (Å²) in [5.41, 5.74) is 1.90. The lowest BCUT2D eigenvalue weighted by molar-refractivity contribution is -0.139. The van der Waals surface area contributed by atoms with Crippen LogP contribution in [0, 0.1) is 0 Å². The monoisotopic (exact) mass is 465 g/mol. The molecular weight excluding hydrogens is 434 g/mol. The Kier molecular flexibility index (Phi) is 7.76. The van der Waals surface area contributed by atoms with E-state index >= 15 is 0 Å². The van der Waals surface area contributed by atoms with Gasteiger partial charge in [0.2, 0.25) is 0 Å². The summed E-state index contributed by atoms with van der Waals surface area (Å²) < 4.78 is 10.6. The molecule has 7 heteroatoms. The van der Waals surface area contributed by atoms with E-state index in [1.54, 1.807) is 49.6 Å². The second-order valence-corrected chi connectivity index (χ2v) is 8.62. The number of hydrogen-bond donors (Lipinski definition) is 1. The van der Waals surface area contributed by atoms with E-state index in [2.05, 4.69) is 0 Å². The zero-order valence-corrected chi connectivity index (χ0v) is 20.3. The highest BCUT2D eigenvalue weighted by Crippen LogP contribution is 2.41. The Morgan fingerprint density at radius 2 is 1.88 bits per heavy atom. The van der Waals surface area contributed by atoms with Gasteiger partial charge in [0.15, 0.2) is 0 Å². The zero-order chi connectivity index (χ0) is 25.0. The van der Waals surface area contributed by atoms with E-state index in [1.807, 2.05) is 20.8 Å². The molecule has 0 radical (unpaired) electrons. The van der Waals surface area contributed by atoms with Crippen molar-refractivity contribution in [1.29, 1.82) is 0 Å². The number of aliphatic hydroxyl groups excluding tert-OH is 1. The number of hydrogen-bond acceptors (Lipinski definition) is 6. The van der Waals surface area contributed by atoms with Crippen molar-refractivity contribution in [2.45, 2.75) is 52.5 Å². The number of carbonyl (C=O) groups is 3. The molecule has 1 saturated heterocycles. The van der Waals surface area contributed by atoms with Crippen molar-refractivity contribution < 1.29 is 29.0 Å². The summed E-state index contributed by atoms with van der Waals surface area (Å²) in [5.74, 6) is -1.01. The van der Waals surface area contributed by atoms with Gasteiger partial charge in [-0.25, -0.2) is 0 Å². The second kappa shape index (κ2) is 10.5. The van der Waals surface area contributed by atoms with Gasteiger partial charge in [-0.3, -0.25) is 14.4 Å². The van der Waals surface area contributed by atoms with E-state index in [-0.39, 0.29) is 17.3 Å². The number of rotatable bonds is 8. The van der Waals surface area contributed by atoms with E-state index in [1.165, 1.54) is 11.8 Å². The van der Waals surface area contributed by atoms with Crippen LogP contribution in [0.15, 0.2) is 48.0 Å². The number of esters is 1. The van der Waals surface area contributed by atoms with Crippen molar-refractivity contribution in [1.82, 2.24) is 4.90 Å². The van der Waals surface area contributed by atoms with Gasteiger partial charge < -0.3 is 19.5 Å². The van der Waals surface area contributed by atoms with Gasteiger partial charge in [-0.1, -0.05) is 39.3 Å². The Hall–Kier alpha value is -3.61. The smallest absolute Gasteiger partial charge is 0.308 e. The fourth-order valence-corrected chi connectivity index (χ4v) is 4.19. The fraction of sp³-hybridized carbons (Fsp3) is 0.370. The van der Waals surface area contributed by atoms with Gasteiger partial charge in [-0.05, 0) is 53.8 Å². The Bertz CT molecular complexity index is 1130. The van der Waals surface area contributed by atoms with Gasteiger partial charge in [0, 0.05) is 19.0 Å². The normalized spacial score (nSPS) is 17.4. The average Bonchev–Trinajstić information content (AvgIpc) is 3.06. The molecule has 0 aliphatic carbocycles. The Morgan fingerprint density at radius 1 is 1.15 bits per heavy atom. The lowest BCUT2D eigenvalue weighted by Gasteiger charge is -2.25. The summed E-state index contributed by atoms with van der Waals surface area (Å²) >= 11 is 0. The van der Waals surface area contributed by atoms with Crippen molar-refractivity contribution >= 4 is 23.4 Å².